The number of ether oxygens (including phenoxy) is 1. The lowest BCUT2D eigenvalue weighted by atomic mass is 10.0. The number of hydrogen-bond acceptors (Lipinski definition) is 4. The van der Waals surface area contributed by atoms with Gasteiger partial charge in [0.2, 0.25) is 15.9 Å². The molecule has 154 valence electrons. The van der Waals surface area contributed by atoms with Crippen LogP contribution >= 0.6 is 11.6 Å². The molecule has 0 bridgehead atoms. The van der Waals surface area contributed by atoms with E-state index in [9.17, 15) is 13.2 Å². The summed E-state index contributed by atoms with van der Waals surface area (Å²) < 4.78 is 31.8. The highest BCUT2D eigenvalue weighted by molar-refractivity contribution is 7.95. The van der Waals surface area contributed by atoms with Crippen LogP contribution in [-0.2, 0) is 14.8 Å². The van der Waals surface area contributed by atoms with Gasteiger partial charge in [-0.3, -0.25) is 9.10 Å². The molecule has 1 heterocycles. The molecular weight excluding hydrogens is 412 g/mol. The van der Waals surface area contributed by atoms with Crippen LogP contribution in [-0.4, -0.2) is 32.2 Å². The number of nitrogens with one attached hydrogen (secondary N) is 1. The minimum atomic E-state index is -3.93. The lowest BCUT2D eigenvalue weighted by Crippen LogP contribution is -2.57. The summed E-state index contributed by atoms with van der Waals surface area (Å²) in [6.45, 7) is 5.76. The molecule has 2 aromatic carbocycles. The van der Waals surface area contributed by atoms with Crippen molar-refractivity contribution >= 4 is 38.9 Å². The zero-order chi connectivity index (χ0) is 21.1. The summed E-state index contributed by atoms with van der Waals surface area (Å²) in [5, 5.41) is 3.25. The summed E-state index contributed by atoms with van der Waals surface area (Å²) in [5.41, 5.74) is 0.998. The molecule has 1 amide bonds. The molecule has 1 aliphatic heterocycles. The van der Waals surface area contributed by atoms with Crippen molar-refractivity contribution in [1.82, 2.24) is 0 Å². The first-order valence-electron chi connectivity index (χ1n) is 9.21. The Hall–Kier alpha value is -2.51. The number of carbonyl (C=O) groups is 1. The van der Waals surface area contributed by atoms with Crippen LogP contribution in [0.15, 0.2) is 61.2 Å². The standard InChI is InChI=1S/C21H23ClN2O4S/c1-3-15-28-19-11-7-17(8-12-19)23-20(25)21(2)13-4-14-24(29(21,26)27)18-9-5-16(22)6-10-18/h3,5-12H,1,4,13-15H2,2H3,(H,23,25). The Morgan fingerprint density at radius 1 is 1.24 bits per heavy atom. The number of halogens is 1. The van der Waals surface area contributed by atoms with Gasteiger partial charge in [-0.05, 0) is 68.3 Å². The Morgan fingerprint density at radius 3 is 2.52 bits per heavy atom. The first-order chi connectivity index (χ1) is 13.8. The van der Waals surface area contributed by atoms with E-state index in [4.69, 9.17) is 16.3 Å². The fourth-order valence-corrected chi connectivity index (χ4v) is 5.28. The zero-order valence-electron chi connectivity index (χ0n) is 16.1. The van der Waals surface area contributed by atoms with Crippen LogP contribution < -0.4 is 14.4 Å². The third-order valence-electron chi connectivity index (χ3n) is 4.95. The van der Waals surface area contributed by atoms with Crippen LogP contribution in [0.3, 0.4) is 0 Å². The van der Waals surface area contributed by atoms with E-state index in [1.165, 1.54) is 11.2 Å². The number of sulfonamides is 1. The second kappa shape index (κ2) is 8.47. The molecule has 1 unspecified atom stereocenters. The van der Waals surface area contributed by atoms with Gasteiger partial charge in [0.1, 0.15) is 12.4 Å². The predicted molar refractivity (Wildman–Crippen MR) is 116 cm³/mol. The molecule has 0 spiro atoms. The van der Waals surface area contributed by atoms with E-state index in [0.717, 1.165) is 0 Å². The van der Waals surface area contributed by atoms with Gasteiger partial charge in [0.15, 0.2) is 4.75 Å². The molecule has 1 atom stereocenters. The topological polar surface area (TPSA) is 75.7 Å². The number of carbonyl (C=O) groups excluding carboxylic acids is 1. The van der Waals surface area contributed by atoms with E-state index >= 15 is 0 Å². The Kier molecular flexibility index (Phi) is 6.19. The van der Waals surface area contributed by atoms with Crippen molar-refractivity contribution in [2.45, 2.75) is 24.5 Å². The van der Waals surface area contributed by atoms with Crippen molar-refractivity contribution in [2.75, 3.05) is 22.8 Å². The van der Waals surface area contributed by atoms with E-state index in [-0.39, 0.29) is 6.42 Å². The summed E-state index contributed by atoms with van der Waals surface area (Å²) in [4.78, 5) is 13.0. The second-order valence-electron chi connectivity index (χ2n) is 6.97. The van der Waals surface area contributed by atoms with E-state index in [0.29, 0.717) is 41.7 Å². The maximum absolute atomic E-state index is 13.3. The molecule has 1 aliphatic rings. The van der Waals surface area contributed by atoms with Crippen LogP contribution in [0, 0.1) is 0 Å². The third-order valence-corrected chi connectivity index (χ3v) is 7.70. The highest BCUT2D eigenvalue weighted by Gasteiger charge is 2.51. The Morgan fingerprint density at radius 2 is 1.90 bits per heavy atom. The molecule has 0 aliphatic carbocycles. The molecule has 29 heavy (non-hydrogen) atoms. The molecule has 0 saturated carbocycles. The van der Waals surface area contributed by atoms with Crippen LogP contribution in [0.2, 0.25) is 5.02 Å². The highest BCUT2D eigenvalue weighted by atomic mass is 35.5. The highest BCUT2D eigenvalue weighted by Crippen LogP contribution is 2.36. The van der Waals surface area contributed by atoms with Crippen molar-refractivity contribution in [1.29, 1.82) is 0 Å². The average molecular weight is 435 g/mol. The molecule has 8 heteroatoms. The smallest absolute Gasteiger partial charge is 0.249 e. The van der Waals surface area contributed by atoms with Gasteiger partial charge in [0.25, 0.3) is 0 Å². The monoisotopic (exact) mass is 434 g/mol. The van der Waals surface area contributed by atoms with E-state index in [2.05, 4.69) is 11.9 Å². The van der Waals surface area contributed by atoms with Gasteiger partial charge in [-0.2, -0.15) is 0 Å². The Labute approximate surface area is 176 Å². The van der Waals surface area contributed by atoms with Gasteiger partial charge in [-0.1, -0.05) is 24.3 Å². The summed E-state index contributed by atoms with van der Waals surface area (Å²) in [5.74, 6) is 0.0734. The Balaban J connectivity index is 1.81. The molecule has 1 fully saturated rings. The van der Waals surface area contributed by atoms with E-state index < -0.39 is 20.7 Å². The van der Waals surface area contributed by atoms with Crippen LogP contribution in [0.1, 0.15) is 19.8 Å². The second-order valence-corrected chi connectivity index (χ2v) is 9.69. The molecule has 3 rings (SSSR count). The summed E-state index contributed by atoms with van der Waals surface area (Å²) >= 11 is 5.91. The molecule has 0 aromatic heterocycles. The number of rotatable bonds is 6. The minimum Gasteiger partial charge on any atom is -0.490 e. The number of nitrogens with zero attached hydrogens (tertiary/aromatic N) is 1. The van der Waals surface area contributed by atoms with Crippen molar-refractivity contribution in [3.8, 4) is 5.75 Å². The average Bonchev–Trinajstić information content (AvgIpc) is 2.70. The summed E-state index contributed by atoms with van der Waals surface area (Å²) in [7, 11) is -3.93. The quantitative estimate of drug-likeness (QED) is 0.690. The van der Waals surface area contributed by atoms with Crippen molar-refractivity contribution < 1.29 is 17.9 Å². The predicted octanol–water partition coefficient (Wildman–Crippen LogP) is 4.23. The maximum Gasteiger partial charge on any atom is 0.249 e. The zero-order valence-corrected chi connectivity index (χ0v) is 17.7. The van der Waals surface area contributed by atoms with Gasteiger partial charge in [0.05, 0.1) is 5.69 Å². The number of benzene rings is 2. The van der Waals surface area contributed by atoms with Crippen LogP contribution in [0.4, 0.5) is 11.4 Å². The van der Waals surface area contributed by atoms with Crippen LogP contribution in [0.25, 0.3) is 0 Å². The molecule has 2 aromatic rings. The molecule has 6 nitrogen and oxygen atoms in total. The Bertz CT molecular complexity index is 990. The first kappa shape index (κ1) is 21.2. The van der Waals surface area contributed by atoms with Gasteiger partial charge in [0, 0.05) is 17.3 Å². The lowest BCUT2D eigenvalue weighted by molar-refractivity contribution is -0.118. The van der Waals surface area contributed by atoms with Gasteiger partial charge in [-0.15, -0.1) is 0 Å². The summed E-state index contributed by atoms with van der Waals surface area (Å²) in [6, 6.07) is 13.3. The first-order valence-corrected chi connectivity index (χ1v) is 11.0. The number of hydrogen-bond donors (Lipinski definition) is 1. The number of anilines is 2. The molecule has 1 N–H and O–H groups in total. The normalized spacial score (nSPS) is 20.7. The van der Waals surface area contributed by atoms with E-state index in [1.807, 2.05) is 0 Å². The van der Waals surface area contributed by atoms with Crippen molar-refractivity contribution in [3.05, 3.63) is 66.2 Å². The van der Waals surface area contributed by atoms with Gasteiger partial charge < -0.3 is 10.1 Å². The lowest BCUT2D eigenvalue weighted by Gasteiger charge is -2.39. The fraction of sp³-hybridized carbons (Fsp3) is 0.286. The minimum absolute atomic E-state index is 0.242. The summed E-state index contributed by atoms with van der Waals surface area (Å²) in [6.07, 6.45) is 2.45. The van der Waals surface area contributed by atoms with Gasteiger partial charge in [-0.25, -0.2) is 8.42 Å². The molecule has 0 radical (unpaired) electrons. The van der Waals surface area contributed by atoms with Crippen LogP contribution in [0.5, 0.6) is 5.75 Å². The van der Waals surface area contributed by atoms with Crippen molar-refractivity contribution in [2.24, 2.45) is 0 Å². The van der Waals surface area contributed by atoms with Gasteiger partial charge >= 0.3 is 0 Å². The molecular formula is C21H23ClN2O4S. The fourth-order valence-electron chi connectivity index (χ4n) is 3.21. The van der Waals surface area contributed by atoms with Crippen molar-refractivity contribution in [3.63, 3.8) is 0 Å². The largest absolute Gasteiger partial charge is 0.490 e. The number of amides is 1. The SMILES string of the molecule is C=CCOc1ccc(NC(=O)C2(C)CCCN(c3ccc(Cl)cc3)S2(=O)=O)cc1. The third kappa shape index (κ3) is 4.26. The maximum atomic E-state index is 13.3. The van der Waals surface area contributed by atoms with E-state index in [1.54, 1.807) is 54.6 Å². The molecule has 1 saturated heterocycles.